The largest absolute Gasteiger partial charge is 0.481 e. The lowest BCUT2D eigenvalue weighted by Crippen LogP contribution is -2.31. The first-order chi connectivity index (χ1) is 9.01. The average Bonchev–Trinajstić information content (AvgIpc) is 2.37. The van der Waals surface area contributed by atoms with Crippen molar-refractivity contribution in [1.82, 2.24) is 4.90 Å². The number of carbonyl (C=O) groups is 2. The highest BCUT2D eigenvalue weighted by Crippen LogP contribution is 2.09. The maximum atomic E-state index is 11.7. The summed E-state index contributed by atoms with van der Waals surface area (Å²) in [5.41, 5.74) is 1.98. The van der Waals surface area contributed by atoms with Crippen LogP contribution in [0.15, 0.2) is 24.3 Å². The van der Waals surface area contributed by atoms with Gasteiger partial charge in [0.15, 0.2) is 0 Å². The molecule has 0 heterocycles. The van der Waals surface area contributed by atoms with E-state index in [1.807, 2.05) is 24.3 Å². The molecule has 0 spiro atoms. The number of nitrogens with zero attached hydrogens (tertiary/aromatic N) is 1. The standard InChI is InChI=1S/C14H20N2O3/c1-3-11-4-6-12(7-5-11)15-13(17)10-16(2)9-8-14(18)19/h4-7H,3,8-10H2,1-2H3,(H,15,17)(H,18,19). The van der Waals surface area contributed by atoms with Crippen LogP contribution in [0.5, 0.6) is 0 Å². The summed E-state index contributed by atoms with van der Waals surface area (Å²) in [6.07, 6.45) is 1.00. The summed E-state index contributed by atoms with van der Waals surface area (Å²) in [6, 6.07) is 7.69. The van der Waals surface area contributed by atoms with Gasteiger partial charge in [-0.3, -0.25) is 14.5 Å². The molecular weight excluding hydrogens is 244 g/mol. The summed E-state index contributed by atoms with van der Waals surface area (Å²) in [4.78, 5) is 23.8. The van der Waals surface area contributed by atoms with Crippen molar-refractivity contribution in [2.45, 2.75) is 19.8 Å². The Morgan fingerprint density at radius 3 is 2.42 bits per heavy atom. The van der Waals surface area contributed by atoms with Crippen LogP contribution in [0.2, 0.25) is 0 Å². The van der Waals surface area contributed by atoms with E-state index in [1.54, 1.807) is 11.9 Å². The second kappa shape index (κ2) is 7.53. The Morgan fingerprint density at radius 1 is 1.26 bits per heavy atom. The summed E-state index contributed by atoms with van der Waals surface area (Å²) in [6.45, 7) is 2.62. The van der Waals surface area contributed by atoms with Gasteiger partial charge < -0.3 is 10.4 Å². The quantitative estimate of drug-likeness (QED) is 0.784. The number of amides is 1. The topological polar surface area (TPSA) is 69.6 Å². The number of anilines is 1. The fraction of sp³-hybridized carbons (Fsp3) is 0.429. The lowest BCUT2D eigenvalue weighted by Gasteiger charge is -2.15. The number of likely N-dealkylation sites (N-methyl/N-ethyl adjacent to an activating group) is 1. The summed E-state index contributed by atoms with van der Waals surface area (Å²) in [5, 5.41) is 11.3. The van der Waals surface area contributed by atoms with E-state index < -0.39 is 5.97 Å². The van der Waals surface area contributed by atoms with E-state index in [2.05, 4.69) is 12.2 Å². The third-order valence-corrected chi connectivity index (χ3v) is 2.77. The Bertz CT molecular complexity index is 429. The lowest BCUT2D eigenvalue weighted by atomic mass is 10.1. The fourth-order valence-electron chi connectivity index (χ4n) is 1.64. The molecule has 5 heteroatoms. The molecule has 5 nitrogen and oxygen atoms in total. The highest BCUT2D eigenvalue weighted by atomic mass is 16.4. The first-order valence-corrected chi connectivity index (χ1v) is 6.30. The van der Waals surface area contributed by atoms with Gasteiger partial charge in [-0.2, -0.15) is 0 Å². The first kappa shape index (κ1) is 15.2. The van der Waals surface area contributed by atoms with Gasteiger partial charge in [0.05, 0.1) is 13.0 Å². The Balaban J connectivity index is 2.39. The van der Waals surface area contributed by atoms with E-state index in [9.17, 15) is 9.59 Å². The van der Waals surface area contributed by atoms with Crippen LogP contribution in [0.4, 0.5) is 5.69 Å². The minimum absolute atomic E-state index is 0.0367. The predicted octanol–water partition coefficient (Wildman–Crippen LogP) is 1.59. The number of benzene rings is 1. The zero-order valence-corrected chi connectivity index (χ0v) is 11.3. The molecule has 19 heavy (non-hydrogen) atoms. The van der Waals surface area contributed by atoms with Gasteiger partial charge in [-0.1, -0.05) is 19.1 Å². The molecule has 0 bridgehead atoms. The van der Waals surface area contributed by atoms with Crippen molar-refractivity contribution >= 4 is 17.6 Å². The molecule has 1 amide bonds. The SMILES string of the molecule is CCc1ccc(NC(=O)CN(C)CCC(=O)O)cc1. The van der Waals surface area contributed by atoms with Crippen LogP contribution < -0.4 is 5.32 Å². The second-order valence-corrected chi connectivity index (χ2v) is 4.48. The van der Waals surface area contributed by atoms with E-state index in [4.69, 9.17) is 5.11 Å². The van der Waals surface area contributed by atoms with Crippen LogP contribution in [-0.4, -0.2) is 42.0 Å². The number of hydrogen-bond acceptors (Lipinski definition) is 3. The minimum Gasteiger partial charge on any atom is -0.481 e. The smallest absolute Gasteiger partial charge is 0.304 e. The minimum atomic E-state index is -0.859. The molecule has 1 aromatic rings. The van der Waals surface area contributed by atoms with Gasteiger partial charge in [0.25, 0.3) is 0 Å². The molecular formula is C14H20N2O3. The molecule has 2 N–H and O–H groups in total. The Morgan fingerprint density at radius 2 is 1.89 bits per heavy atom. The Hall–Kier alpha value is -1.88. The van der Waals surface area contributed by atoms with Crippen molar-refractivity contribution in [3.8, 4) is 0 Å². The third kappa shape index (κ3) is 6.01. The highest BCUT2D eigenvalue weighted by Gasteiger charge is 2.08. The second-order valence-electron chi connectivity index (χ2n) is 4.48. The first-order valence-electron chi connectivity index (χ1n) is 6.30. The molecule has 0 saturated heterocycles. The molecule has 0 aliphatic rings. The fourth-order valence-corrected chi connectivity index (χ4v) is 1.64. The van der Waals surface area contributed by atoms with E-state index >= 15 is 0 Å². The maximum absolute atomic E-state index is 11.7. The van der Waals surface area contributed by atoms with Crippen molar-refractivity contribution in [3.05, 3.63) is 29.8 Å². The van der Waals surface area contributed by atoms with Gasteiger partial charge in [-0.05, 0) is 31.2 Å². The molecule has 0 aliphatic heterocycles. The molecule has 0 saturated carbocycles. The number of carboxylic acid groups (broad SMARTS) is 1. The molecule has 104 valence electrons. The lowest BCUT2D eigenvalue weighted by molar-refractivity contribution is -0.137. The van der Waals surface area contributed by atoms with Crippen LogP contribution >= 0.6 is 0 Å². The molecule has 1 rings (SSSR count). The number of hydrogen-bond donors (Lipinski definition) is 2. The van der Waals surface area contributed by atoms with Crippen LogP contribution in [0.25, 0.3) is 0 Å². The highest BCUT2D eigenvalue weighted by molar-refractivity contribution is 5.92. The molecule has 0 radical (unpaired) electrons. The maximum Gasteiger partial charge on any atom is 0.304 e. The van der Waals surface area contributed by atoms with E-state index in [1.165, 1.54) is 5.56 Å². The van der Waals surface area contributed by atoms with Gasteiger partial charge in [0, 0.05) is 12.2 Å². The number of aryl methyl sites for hydroxylation is 1. The molecule has 0 atom stereocenters. The van der Waals surface area contributed by atoms with Crippen LogP contribution in [0.1, 0.15) is 18.9 Å². The van der Waals surface area contributed by atoms with Crippen molar-refractivity contribution in [3.63, 3.8) is 0 Å². The predicted molar refractivity (Wildman–Crippen MR) is 74.2 cm³/mol. The Labute approximate surface area is 113 Å². The van der Waals surface area contributed by atoms with Gasteiger partial charge in [-0.15, -0.1) is 0 Å². The normalized spacial score (nSPS) is 10.5. The summed E-state index contributed by atoms with van der Waals surface area (Å²) in [5.74, 6) is -1.00. The molecule has 0 aromatic heterocycles. The van der Waals surface area contributed by atoms with Crippen molar-refractivity contribution < 1.29 is 14.7 Å². The number of rotatable bonds is 7. The van der Waals surface area contributed by atoms with E-state index in [-0.39, 0.29) is 18.9 Å². The van der Waals surface area contributed by atoms with Crippen LogP contribution in [-0.2, 0) is 16.0 Å². The summed E-state index contributed by atoms with van der Waals surface area (Å²) in [7, 11) is 1.72. The number of carbonyl (C=O) groups excluding carboxylic acids is 1. The van der Waals surface area contributed by atoms with Crippen LogP contribution in [0.3, 0.4) is 0 Å². The van der Waals surface area contributed by atoms with E-state index in [0.717, 1.165) is 12.1 Å². The van der Waals surface area contributed by atoms with Crippen molar-refractivity contribution in [1.29, 1.82) is 0 Å². The zero-order chi connectivity index (χ0) is 14.3. The molecule has 0 fully saturated rings. The number of aliphatic carboxylic acids is 1. The van der Waals surface area contributed by atoms with Gasteiger partial charge in [0.2, 0.25) is 5.91 Å². The van der Waals surface area contributed by atoms with Gasteiger partial charge in [0.1, 0.15) is 0 Å². The monoisotopic (exact) mass is 264 g/mol. The van der Waals surface area contributed by atoms with Crippen molar-refractivity contribution in [2.24, 2.45) is 0 Å². The molecule has 1 aromatic carbocycles. The van der Waals surface area contributed by atoms with Gasteiger partial charge >= 0.3 is 5.97 Å². The third-order valence-electron chi connectivity index (χ3n) is 2.77. The summed E-state index contributed by atoms with van der Waals surface area (Å²) >= 11 is 0. The van der Waals surface area contributed by atoms with Crippen molar-refractivity contribution in [2.75, 3.05) is 25.5 Å². The van der Waals surface area contributed by atoms with Gasteiger partial charge in [-0.25, -0.2) is 0 Å². The zero-order valence-electron chi connectivity index (χ0n) is 11.3. The average molecular weight is 264 g/mol. The molecule has 0 aliphatic carbocycles. The Kier molecular flexibility index (Phi) is 6.02. The summed E-state index contributed by atoms with van der Waals surface area (Å²) < 4.78 is 0. The number of nitrogens with one attached hydrogen (secondary N) is 1. The number of carboxylic acids is 1. The van der Waals surface area contributed by atoms with E-state index in [0.29, 0.717) is 6.54 Å². The van der Waals surface area contributed by atoms with Crippen LogP contribution in [0, 0.1) is 0 Å². The molecule has 0 unspecified atom stereocenters.